The number of nitrogens with zero attached hydrogens (tertiary/aromatic N) is 2. The quantitative estimate of drug-likeness (QED) is 0.848. The lowest BCUT2D eigenvalue weighted by atomic mass is 9.84. The zero-order valence-electron chi connectivity index (χ0n) is 11.3. The van der Waals surface area contributed by atoms with Gasteiger partial charge >= 0.3 is 0 Å². The van der Waals surface area contributed by atoms with Crippen LogP contribution in [0.2, 0.25) is 0 Å². The lowest BCUT2D eigenvalue weighted by Gasteiger charge is -2.37. The van der Waals surface area contributed by atoms with Gasteiger partial charge in [-0.3, -0.25) is 0 Å². The first-order valence-electron chi connectivity index (χ1n) is 6.98. The highest BCUT2D eigenvalue weighted by molar-refractivity contribution is 7.15. The molecule has 0 saturated carbocycles. The molecule has 1 fully saturated rings. The summed E-state index contributed by atoms with van der Waals surface area (Å²) < 4.78 is 0. The highest BCUT2D eigenvalue weighted by atomic mass is 32.1. The average Bonchev–Trinajstić information content (AvgIpc) is 2.73. The Kier molecular flexibility index (Phi) is 3.10. The van der Waals surface area contributed by atoms with E-state index in [0.717, 1.165) is 48.1 Å². The first-order chi connectivity index (χ1) is 8.55. The second-order valence-corrected chi connectivity index (χ2v) is 7.41. The van der Waals surface area contributed by atoms with Crippen LogP contribution in [0.15, 0.2) is 0 Å². The van der Waals surface area contributed by atoms with Gasteiger partial charge in [-0.25, -0.2) is 4.98 Å². The molecule has 0 spiro atoms. The first-order valence-corrected chi connectivity index (χ1v) is 7.79. The summed E-state index contributed by atoms with van der Waals surface area (Å²) in [5.74, 6) is 0. The minimum Gasteiger partial charge on any atom is -0.388 e. The largest absolute Gasteiger partial charge is 0.388 e. The summed E-state index contributed by atoms with van der Waals surface area (Å²) >= 11 is 1.72. The molecule has 1 unspecified atom stereocenters. The van der Waals surface area contributed by atoms with Crippen LogP contribution in [0.3, 0.4) is 0 Å². The van der Waals surface area contributed by atoms with Crippen LogP contribution in [0.4, 0.5) is 5.13 Å². The number of aliphatic hydroxyl groups excluding tert-OH is 1. The highest BCUT2D eigenvalue weighted by Crippen LogP contribution is 2.39. The van der Waals surface area contributed by atoms with Crippen LogP contribution < -0.4 is 4.90 Å². The van der Waals surface area contributed by atoms with E-state index >= 15 is 0 Å². The molecular formula is C14H22N2OS. The molecule has 3 rings (SSSR count). The first kappa shape index (κ1) is 12.4. The zero-order chi connectivity index (χ0) is 12.8. The predicted molar refractivity (Wildman–Crippen MR) is 75.2 cm³/mol. The number of aliphatic hydroxyl groups is 1. The van der Waals surface area contributed by atoms with Crippen LogP contribution in [0, 0.1) is 5.41 Å². The Balaban J connectivity index is 1.84. The van der Waals surface area contributed by atoms with E-state index in [1.54, 1.807) is 11.3 Å². The monoisotopic (exact) mass is 266 g/mol. The zero-order valence-corrected chi connectivity index (χ0v) is 12.1. The Morgan fingerprint density at radius 3 is 2.94 bits per heavy atom. The van der Waals surface area contributed by atoms with Crippen LogP contribution in [-0.2, 0) is 6.42 Å². The van der Waals surface area contributed by atoms with Gasteiger partial charge in [0.2, 0.25) is 0 Å². The molecular weight excluding hydrogens is 244 g/mol. The van der Waals surface area contributed by atoms with Gasteiger partial charge in [-0.05, 0) is 37.5 Å². The third-order valence-corrected chi connectivity index (χ3v) is 5.34. The summed E-state index contributed by atoms with van der Waals surface area (Å²) in [5, 5.41) is 11.2. The molecule has 1 N–H and O–H groups in total. The Labute approximate surface area is 113 Å². The second kappa shape index (κ2) is 4.49. The average molecular weight is 266 g/mol. The third kappa shape index (κ3) is 2.28. The van der Waals surface area contributed by atoms with Gasteiger partial charge in [0.25, 0.3) is 0 Å². The molecule has 0 aromatic carbocycles. The van der Waals surface area contributed by atoms with Gasteiger partial charge in [-0.1, -0.05) is 25.2 Å². The lowest BCUT2D eigenvalue weighted by molar-refractivity contribution is 0.160. The van der Waals surface area contributed by atoms with E-state index in [-0.39, 0.29) is 6.10 Å². The molecule has 3 nitrogen and oxygen atoms in total. The molecule has 0 radical (unpaired) electrons. The molecule has 2 aliphatic rings. The number of rotatable bonds is 1. The summed E-state index contributed by atoms with van der Waals surface area (Å²) in [6, 6.07) is 0. The van der Waals surface area contributed by atoms with Crippen molar-refractivity contribution < 1.29 is 5.11 Å². The molecule has 1 aliphatic carbocycles. The summed E-state index contributed by atoms with van der Waals surface area (Å²) in [7, 11) is 0. The van der Waals surface area contributed by atoms with E-state index in [2.05, 4.69) is 18.7 Å². The minimum absolute atomic E-state index is 0.266. The van der Waals surface area contributed by atoms with Gasteiger partial charge in [0.15, 0.2) is 5.13 Å². The minimum atomic E-state index is -0.266. The molecule has 0 bridgehead atoms. The van der Waals surface area contributed by atoms with E-state index in [4.69, 9.17) is 4.98 Å². The Morgan fingerprint density at radius 1 is 1.39 bits per heavy atom. The fourth-order valence-corrected chi connectivity index (χ4v) is 4.26. The van der Waals surface area contributed by atoms with Gasteiger partial charge in [0, 0.05) is 13.1 Å². The van der Waals surface area contributed by atoms with Gasteiger partial charge in [-0.15, -0.1) is 0 Å². The highest BCUT2D eigenvalue weighted by Gasteiger charge is 2.30. The maximum absolute atomic E-state index is 10.0. The van der Waals surface area contributed by atoms with Crippen LogP contribution >= 0.6 is 11.3 Å². The molecule has 1 saturated heterocycles. The third-order valence-electron chi connectivity index (χ3n) is 4.08. The van der Waals surface area contributed by atoms with E-state index in [9.17, 15) is 5.11 Å². The van der Waals surface area contributed by atoms with Crippen molar-refractivity contribution >= 4 is 16.5 Å². The molecule has 4 heteroatoms. The fourth-order valence-electron chi connectivity index (χ4n) is 3.11. The van der Waals surface area contributed by atoms with Crippen molar-refractivity contribution in [3.63, 3.8) is 0 Å². The van der Waals surface area contributed by atoms with E-state index in [1.807, 2.05) is 0 Å². The second-order valence-electron chi connectivity index (χ2n) is 6.40. The van der Waals surface area contributed by atoms with Crippen LogP contribution in [0.1, 0.15) is 56.2 Å². The van der Waals surface area contributed by atoms with Crippen molar-refractivity contribution in [2.24, 2.45) is 5.41 Å². The number of fused-ring (bicyclic) bond motifs is 1. The normalized spacial score (nSPS) is 27.1. The SMILES string of the molecule is CC1(C)CCCN(c2nc3c(s2)C(O)CCC3)C1. The van der Waals surface area contributed by atoms with Crippen molar-refractivity contribution in [3.05, 3.63) is 10.6 Å². The van der Waals surface area contributed by atoms with Crippen molar-refractivity contribution in [3.8, 4) is 0 Å². The Hall–Kier alpha value is -0.610. The molecule has 2 heterocycles. The van der Waals surface area contributed by atoms with E-state index in [1.165, 1.54) is 12.8 Å². The summed E-state index contributed by atoms with van der Waals surface area (Å²) in [4.78, 5) is 8.32. The summed E-state index contributed by atoms with van der Waals surface area (Å²) in [6.07, 6.45) is 5.30. The Bertz CT molecular complexity index is 441. The number of aromatic nitrogens is 1. The predicted octanol–water partition coefficient (Wildman–Crippen LogP) is 3.14. The molecule has 18 heavy (non-hydrogen) atoms. The van der Waals surface area contributed by atoms with Crippen molar-refractivity contribution in [2.45, 2.75) is 52.1 Å². The fraction of sp³-hybridized carbons (Fsp3) is 0.786. The molecule has 1 atom stereocenters. The van der Waals surface area contributed by atoms with Gasteiger partial charge in [0.1, 0.15) is 0 Å². The van der Waals surface area contributed by atoms with Gasteiger partial charge < -0.3 is 10.0 Å². The van der Waals surface area contributed by atoms with E-state index in [0.29, 0.717) is 5.41 Å². The smallest absolute Gasteiger partial charge is 0.185 e. The van der Waals surface area contributed by atoms with Crippen LogP contribution in [0.25, 0.3) is 0 Å². The number of piperidine rings is 1. The Morgan fingerprint density at radius 2 is 2.22 bits per heavy atom. The molecule has 100 valence electrons. The standard InChI is InChI=1S/C14H22N2OS/c1-14(2)7-4-8-16(9-14)13-15-10-5-3-6-11(17)12(10)18-13/h11,17H,3-9H2,1-2H3. The number of anilines is 1. The van der Waals surface area contributed by atoms with Gasteiger partial charge in [-0.2, -0.15) is 0 Å². The van der Waals surface area contributed by atoms with Crippen LogP contribution in [-0.4, -0.2) is 23.2 Å². The van der Waals surface area contributed by atoms with Crippen LogP contribution in [0.5, 0.6) is 0 Å². The summed E-state index contributed by atoms with van der Waals surface area (Å²) in [5.41, 5.74) is 1.54. The number of hydrogen-bond acceptors (Lipinski definition) is 4. The lowest BCUT2D eigenvalue weighted by Crippen LogP contribution is -2.40. The molecule has 1 aliphatic heterocycles. The molecule has 1 aromatic rings. The van der Waals surface area contributed by atoms with Crippen molar-refractivity contribution in [1.82, 2.24) is 4.98 Å². The molecule has 0 amide bonds. The number of thiazole rings is 1. The maximum Gasteiger partial charge on any atom is 0.185 e. The van der Waals surface area contributed by atoms with Crippen molar-refractivity contribution in [2.75, 3.05) is 18.0 Å². The number of hydrogen-bond donors (Lipinski definition) is 1. The van der Waals surface area contributed by atoms with E-state index < -0.39 is 0 Å². The maximum atomic E-state index is 10.0. The topological polar surface area (TPSA) is 36.4 Å². The number of aryl methyl sites for hydroxylation is 1. The summed E-state index contributed by atoms with van der Waals surface area (Å²) in [6.45, 7) is 6.88. The molecule has 1 aromatic heterocycles. The van der Waals surface area contributed by atoms with Crippen molar-refractivity contribution in [1.29, 1.82) is 0 Å². The van der Waals surface area contributed by atoms with Gasteiger partial charge in [0.05, 0.1) is 16.7 Å².